The lowest BCUT2D eigenvalue weighted by Gasteiger charge is -2.26. The summed E-state index contributed by atoms with van der Waals surface area (Å²) < 4.78 is 5.23. The zero-order valence-corrected chi connectivity index (χ0v) is 10.9. The molecule has 0 bridgehead atoms. The van der Waals surface area contributed by atoms with E-state index in [4.69, 9.17) is 4.74 Å². The highest BCUT2D eigenvalue weighted by molar-refractivity contribution is 5.83. The van der Waals surface area contributed by atoms with Gasteiger partial charge in [-0.3, -0.25) is 0 Å². The Hall–Kier alpha value is -1.26. The van der Waals surface area contributed by atoms with E-state index in [1.165, 1.54) is 7.05 Å². The molecule has 16 heavy (non-hydrogen) atoms. The third kappa shape index (κ3) is 5.58. The molecule has 1 atom stereocenters. The Kier molecular flexibility index (Phi) is 5.27. The van der Waals surface area contributed by atoms with Gasteiger partial charge in [-0.2, -0.15) is 0 Å². The predicted molar refractivity (Wildman–Crippen MR) is 62.1 cm³/mol. The largest absolute Gasteiger partial charge is 0.458 e. The number of amides is 2. The minimum atomic E-state index is -0.626. The molecule has 0 aliphatic heterocycles. The summed E-state index contributed by atoms with van der Waals surface area (Å²) in [7, 11) is 1.50. The maximum atomic E-state index is 11.8. The molecular weight excluding hydrogens is 208 g/mol. The van der Waals surface area contributed by atoms with Gasteiger partial charge in [0.1, 0.15) is 11.6 Å². The first kappa shape index (κ1) is 14.7. The highest BCUT2D eigenvalue weighted by Crippen LogP contribution is 2.12. The number of esters is 1. The van der Waals surface area contributed by atoms with Crippen molar-refractivity contribution in [2.24, 2.45) is 5.92 Å². The first-order valence-electron chi connectivity index (χ1n) is 5.38. The lowest BCUT2D eigenvalue weighted by atomic mass is 10.0. The highest BCUT2D eigenvalue weighted by Gasteiger charge is 2.28. The van der Waals surface area contributed by atoms with Gasteiger partial charge in [-0.05, 0) is 26.7 Å². The molecular formula is C11H22N2O3. The maximum Gasteiger partial charge on any atom is 0.329 e. The van der Waals surface area contributed by atoms with Crippen LogP contribution in [0.15, 0.2) is 0 Å². The number of urea groups is 1. The van der Waals surface area contributed by atoms with Crippen molar-refractivity contribution in [2.75, 3.05) is 7.05 Å². The lowest BCUT2D eigenvalue weighted by molar-refractivity contribution is -0.158. The molecule has 0 saturated carbocycles. The van der Waals surface area contributed by atoms with Gasteiger partial charge < -0.3 is 15.4 Å². The van der Waals surface area contributed by atoms with Crippen LogP contribution in [0, 0.1) is 5.92 Å². The van der Waals surface area contributed by atoms with E-state index in [2.05, 4.69) is 10.6 Å². The summed E-state index contributed by atoms with van der Waals surface area (Å²) in [6, 6.07) is -1.01. The zero-order chi connectivity index (χ0) is 12.9. The van der Waals surface area contributed by atoms with E-state index in [1.54, 1.807) is 20.8 Å². The predicted octanol–water partition coefficient (Wildman–Crippen LogP) is 1.28. The molecule has 0 aromatic rings. The van der Waals surface area contributed by atoms with Gasteiger partial charge in [-0.1, -0.05) is 13.8 Å². The molecule has 0 aromatic heterocycles. The van der Waals surface area contributed by atoms with Gasteiger partial charge in [-0.25, -0.2) is 9.59 Å². The first-order chi connectivity index (χ1) is 7.17. The fourth-order valence-corrected chi connectivity index (χ4v) is 1.08. The van der Waals surface area contributed by atoms with Gasteiger partial charge in [-0.15, -0.1) is 0 Å². The van der Waals surface area contributed by atoms with Crippen LogP contribution in [0.4, 0.5) is 4.79 Å². The molecule has 0 unspecified atom stereocenters. The van der Waals surface area contributed by atoms with Crippen molar-refractivity contribution in [3.05, 3.63) is 0 Å². The van der Waals surface area contributed by atoms with Crippen LogP contribution in [0.25, 0.3) is 0 Å². The second-order valence-corrected chi connectivity index (χ2v) is 4.98. The number of hydrogen-bond donors (Lipinski definition) is 2. The number of carbonyl (C=O) groups excluding carboxylic acids is 2. The van der Waals surface area contributed by atoms with Crippen molar-refractivity contribution in [2.45, 2.75) is 46.3 Å². The van der Waals surface area contributed by atoms with Crippen molar-refractivity contribution in [1.82, 2.24) is 10.6 Å². The van der Waals surface area contributed by atoms with Crippen molar-refractivity contribution in [3.8, 4) is 0 Å². The van der Waals surface area contributed by atoms with E-state index < -0.39 is 17.6 Å². The van der Waals surface area contributed by atoms with E-state index in [0.717, 1.165) is 0 Å². The second-order valence-electron chi connectivity index (χ2n) is 4.98. The number of hydrogen-bond acceptors (Lipinski definition) is 3. The molecule has 0 aliphatic carbocycles. The van der Waals surface area contributed by atoms with Crippen LogP contribution in [0.3, 0.4) is 0 Å². The molecule has 2 N–H and O–H groups in total. The molecule has 0 radical (unpaired) electrons. The molecule has 5 heteroatoms. The number of ether oxygens (including phenoxy) is 1. The van der Waals surface area contributed by atoms with E-state index in [-0.39, 0.29) is 11.9 Å². The topological polar surface area (TPSA) is 67.4 Å². The Morgan fingerprint density at radius 2 is 1.69 bits per heavy atom. The molecule has 5 nitrogen and oxygen atoms in total. The number of carbonyl (C=O) groups is 2. The average Bonchev–Trinajstić information content (AvgIpc) is 2.09. The normalized spacial score (nSPS) is 13.2. The Bertz CT molecular complexity index is 256. The van der Waals surface area contributed by atoms with Crippen LogP contribution >= 0.6 is 0 Å². The second kappa shape index (κ2) is 5.72. The maximum absolute atomic E-state index is 11.8. The molecule has 0 spiro atoms. The van der Waals surface area contributed by atoms with Crippen molar-refractivity contribution >= 4 is 12.0 Å². The first-order valence-corrected chi connectivity index (χ1v) is 5.38. The smallest absolute Gasteiger partial charge is 0.329 e. The molecule has 94 valence electrons. The van der Waals surface area contributed by atoms with E-state index in [9.17, 15) is 9.59 Å². The number of rotatable bonds is 3. The lowest BCUT2D eigenvalue weighted by Crippen LogP contribution is -2.49. The van der Waals surface area contributed by atoms with E-state index in [1.807, 2.05) is 13.8 Å². The summed E-state index contributed by atoms with van der Waals surface area (Å²) in [6.07, 6.45) is 0. The minimum Gasteiger partial charge on any atom is -0.458 e. The standard InChI is InChI=1S/C11H22N2O3/c1-7(2)8(13-10(15)12-6)9(14)16-11(3,4)5/h7-8H,1-6H3,(H2,12,13,15)/t8-/m1/s1. The van der Waals surface area contributed by atoms with Gasteiger partial charge in [0.2, 0.25) is 0 Å². The Labute approximate surface area is 96.9 Å². The van der Waals surface area contributed by atoms with Gasteiger partial charge in [0.15, 0.2) is 0 Å². The summed E-state index contributed by atoms with van der Waals surface area (Å²) in [6.45, 7) is 9.08. The van der Waals surface area contributed by atoms with E-state index in [0.29, 0.717) is 0 Å². The van der Waals surface area contributed by atoms with Gasteiger partial charge in [0.25, 0.3) is 0 Å². The molecule has 0 heterocycles. The third-order valence-corrected chi connectivity index (χ3v) is 1.84. The van der Waals surface area contributed by atoms with Gasteiger partial charge in [0.05, 0.1) is 0 Å². The zero-order valence-electron chi connectivity index (χ0n) is 10.9. The minimum absolute atomic E-state index is 0.0212. The van der Waals surface area contributed by atoms with Crippen LogP contribution in [-0.2, 0) is 9.53 Å². The van der Waals surface area contributed by atoms with Crippen LogP contribution in [-0.4, -0.2) is 30.7 Å². The summed E-state index contributed by atoms with van der Waals surface area (Å²) in [4.78, 5) is 23.0. The van der Waals surface area contributed by atoms with Crippen LogP contribution in [0.5, 0.6) is 0 Å². The Balaban J connectivity index is 4.54. The summed E-state index contributed by atoms with van der Waals surface area (Å²) in [5.74, 6) is -0.432. The molecule has 0 fully saturated rings. The molecule has 0 aromatic carbocycles. The Morgan fingerprint density at radius 1 is 1.19 bits per heavy atom. The fraction of sp³-hybridized carbons (Fsp3) is 0.818. The monoisotopic (exact) mass is 230 g/mol. The molecule has 0 rings (SSSR count). The van der Waals surface area contributed by atoms with E-state index >= 15 is 0 Å². The SMILES string of the molecule is CNC(=O)N[C@@H](C(=O)OC(C)(C)C)C(C)C. The number of nitrogens with one attached hydrogen (secondary N) is 2. The van der Waals surface area contributed by atoms with Crippen LogP contribution in [0.1, 0.15) is 34.6 Å². The third-order valence-electron chi connectivity index (χ3n) is 1.84. The quantitative estimate of drug-likeness (QED) is 0.718. The molecule has 0 saturated heterocycles. The van der Waals surface area contributed by atoms with Crippen LogP contribution < -0.4 is 10.6 Å². The fourth-order valence-electron chi connectivity index (χ4n) is 1.08. The highest BCUT2D eigenvalue weighted by atomic mass is 16.6. The van der Waals surface area contributed by atoms with Crippen molar-refractivity contribution < 1.29 is 14.3 Å². The van der Waals surface area contributed by atoms with Crippen LogP contribution in [0.2, 0.25) is 0 Å². The van der Waals surface area contributed by atoms with Crippen molar-refractivity contribution in [1.29, 1.82) is 0 Å². The summed E-state index contributed by atoms with van der Waals surface area (Å²) in [5.41, 5.74) is -0.547. The molecule has 2 amide bonds. The van der Waals surface area contributed by atoms with Gasteiger partial charge >= 0.3 is 12.0 Å². The Morgan fingerprint density at radius 3 is 2.00 bits per heavy atom. The molecule has 0 aliphatic rings. The average molecular weight is 230 g/mol. The summed E-state index contributed by atoms with van der Waals surface area (Å²) in [5, 5.41) is 4.97. The van der Waals surface area contributed by atoms with Crippen molar-refractivity contribution in [3.63, 3.8) is 0 Å². The summed E-state index contributed by atoms with van der Waals surface area (Å²) >= 11 is 0. The van der Waals surface area contributed by atoms with Gasteiger partial charge in [0, 0.05) is 7.05 Å².